The fourth-order valence-corrected chi connectivity index (χ4v) is 2.47. The number of hydrogen-bond acceptors (Lipinski definition) is 2. The van der Waals surface area contributed by atoms with Crippen molar-refractivity contribution in [1.29, 1.82) is 0 Å². The van der Waals surface area contributed by atoms with Crippen LogP contribution in [0.25, 0.3) is 0 Å². The fraction of sp³-hybridized carbons (Fsp3) is 0.467. The molecule has 1 unspecified atom stereocenters. The fourth-order valence-electron chi connectivity index (χ4n) is 2.47. The van der Waals surface area contributed by atoms with Gasteiger partial charge in [-0.05, 0) is 43.5 Å². The van der Waals surface area contributed by atoms with Crippen LogP contribution in [-0.4, -0.2) is 13.7 Å². The van der Waals surface area contributed by atoms with Gasteiger partial charge in [0.15, 0.2) is 0 Å². The Balaban J connectivity index is 2.20. The highest BCUT2D eigenvalue weighted by Gasteiger charge is 2.21. The zero-order valence-electron chi connectivity index (χ0n) is 10.3. The van der Waals surface area contributed by atoms with Crippen molar-refractivity contribution in [3.05, 3.63) is 29.3 Å². The van der Waals surface area contributed by atoms with E-state index < -0.39 is 0 Å². The molecule has 0 saturated carbocycles. The van der Waals surface area contributed by atoms with Gasteiger partial charge in [-0.1, -0.05) is 12.1 Å². The highest BCUT2D eigenvalue weighted by molar-refractivity contribution is 5.43. The van der Waals surface area contributed by atoms with E-state index in [2.05, 4.69) is 23.4 Å². The molecular formula is C15H19NO. The van der Waals surface area contributed by atoms with Crippen LogP contribution in [0.3, 0.4) is 0 Å². The van der Waals surface area contributed by atoms with Crippen molar-refractivity contribution in [3.63, 3.8) is 0 Å². The van der Waals surface area contributed by atoms with Crippen molar-refractivity contribution in [2.75, 3.05) is 13.7 Å². The summed E-state index contributed by atoms with van der Waals surface area (Å²) in [7, 11) is 2.02. The maximum atomic E-state index is 5.77. The quantitative estimate of drug-likeness (QED) is 0.633. The molecule has 2 rings (SSSR count). The van der Waals surface area contributed by atoms with Gasteiger partial charge in [-0.3, -0.25) is 0 Å². The van der Waals surface area contributed by atoms with Gasteiger partial charge in [0.2, 0.25) is 0 Å². The van der Waals surface area contributed by atoms with Crippen LogP contribution < -0.4 is 10.1 Å². The molecule has 0 aromatic heterocycles. The van der Waals surface area contributed by atoms with Crippen LogP contribution in [0.15, 0.2) is 18.2 Å². The summed E-state index contributed by atoms with van der Waals surface area (Å²) in [6.45, 7) is 0.608. The van der Waals surface area contributed by atoms with E-state index in [9.17, 15) is 0 Å². The summed E-state index contributed by atoms with van der Waals surface area (Å²) >= 11 is 0. The van der Waals surface area contributed by atoms with Gasteiger partial charge in [0.05, 0.1) is 6.61 Å². The van der Waals surface area contributed by atoms with E-state index >= 15 is 0 Å². The number of benzene rings is 1. The second kappa shape index (κ2) is 5.75. The second-order valence-corrected chi connectivity index (χ2v) is 4.36. The summed E-state index contributed by atoms with van der Waals surface area (Å²) in [5.41, 5.74) is 2.74. The van der Waals surface area contributed by atoms with Crippen molar-refractivity contribution >= 4 is 0 Å². The lowest BCUT2D eigenvalue weighted by Gasteiger charge is -2.26. The second-order valence-electron chi connectivity index (χ2n) is 4.36. The Morgan fingerprint density at radius 2 is 2.41 bits per heavy atom. The Kier molecular flexibility index (Phi) is 4.06. The Morgan fingerprint density at radius 3 is 3.18 bits per heavy atom. The van der Waals surface area contributed by atoms with Gasteiger partial charge in [-0.15, -0.1) is 12.3 Å². The first-order valence-electron chi connectivity index (χ1n) is 6.22. The lowest BCUT2D eigenvalue weighted by molar-refractivity contribution is 0.320. The van der Waals surface area contributed by atoms with Crippen molar-refractivity contribution in [1.82, 2.24) is 5.32 Å². The maximum Gasteiger partial charge on any atom is 0.122 e. The molecule has 0 heterocycles. The number of nitrogens with one attached hydrogen (secondary N) is 1. The van der Waals surface area contributed by atoms with Crippen LogP contribution in [0.5, 0.6) is 5.75 Å². The average molecular weight is 229 g/mol. The summed E-state index contributed by atoms with van der Waals surface area (Å²) in [5, 5.41) is 3.37. The molecule has 1 aromatic rings. The summed E-state index contributed by atoms with van der Waals surface area (Å²) < 4.78 is 5.77. The summed E-state index contributed by atoms with van der Waals surface area (Å²) in [6, 6.07) is 6.78. The van der Waals surface area contributed by atoms with E-state index in [1.54, 1.807) is 0 Å². The molecule has 1 aliphatic carbocycles. The normalized spacial score (nSPS) is 18.2. The van der Waals surface area contributed by atoms with Crippen LogP contribution in [0.4, 0.5) is 0 Å². The van der Waals surface area contributed by atoms with Crippen LogP contribution in [0.2, 0.25) is 0 Å². The van der Waals surface area contributed by atoms with Crippen molar-refractivity contribution in [2.45, 2.75) is 31.7 Å². The van der Waals surface area contributed by atoms with E-state index in [4.69, 9.17) is 11.2 Å². The zero-order chi connectivity index (χ0) is 12.1. The molecule has 1 N–H and O–H groups in total. The lowest BCUT2D eigenvalue weighted by Crippen LogP contribution is -2.22. The molecule has 1 aliphatic rings. The molecule has 1 atom stereocenters. The van der Waals surface area contributed by atoms with Crippen molar-refractivity contribution in [2.24, 2.45) is 0 Å². The third kappa shape index (κ3) is 2.62. The van der Waals surface area contributed by atoms with Crippen LogP contribution >= 0.6 is 0 Å². The van der Waals surface area contributed by atoms with E-state index in [0.717, 1.165) is 12.2 Å². The molecule has 0 aliphatic heterocycles. The maximum absolute atomic E-state index is 5.77. The molecule has 0 bridgehead atoms. The molecule has 2 nitrogen and oxygen atoms in total. The predicted octanol–water partition coefficient (Wildman–Crippen LogP) is 2.69. The van der Waals surface area contributed by atoms with Crippen molar-refractivity contribution in [3.8, 4) is 18.1 Å². The third-order valence-electron chi connectivity index (χ3n) is 3.32. The van der Waals surface area contributed by atoms with E-state index in [-0.39, 0.29) is 0 Å². The molecule has 0 fully saturated rings. The molecule has 0 spiro atoms. The Bertz CT molecular complexity index is 419. The Hall–Kier alpha value is -1.46. The van der Waals surface area contributed by atoms with Crippen LogP contribution in [0, 0.1) is 12.3 Å². The smallest absolute Gasteiger partial charge is 0.122 e. The standard InChI is InChI=1S/C15H19NO/c1-3-4-11-17-15-10-6-7-12-13(15)8-5-9-14(12)16-2/h1,6-7,10,14,16H,4-5,8-9,11H2,2H3. The average Bonchev–Trinajstić information content (AvgIpc) is 2.38. The van der Waals surface area contributed by atoms with Gasteiger partial charge in [0.25, 0.3) is 0 Å². The van der Waals surface area contributed by atoms with Crippen LogP contribution in [-0.2, 0) is 6.42 Å². The summed E-state index contributed by atoms with van der Waals surface area (Å²) in [5.74, 6) is 3.61. The molecule has 1 aromatic carbocycles. The Labute approximate surface area is 103 Å². The van der Waals surface area contributed by atoms with Gasteiger partial charge in [0, 0.05) is 12.5 Å². The number of hydrogen-bond donors (Lipinski definition) is 1. The summed E-state index contributed by atoms with van der Waals surface area (Å²) in [6.07, 6.45) is 9.43. The van der Waals surface area contributed by atoms with Gasteiger partial charge < -0.3 is 10.1 Å². The molecule has 0 radical (unpaired) electrons. The first-order valence-corrected chi connectivity index (χ1v) is 6.22. The first kappa shape index (κ1) is 12.0. The number of fused-ring (bicyclic) bond motifs is 1. The molecule has 90 valence electrons. The topological polar surface area (TPSA) is 21.3 Å². The van der Waals surface area contributed by atoms with Gasteiger partial charge in [0.1, 0.15) is 5.75 Å². The molecular weight excluding hydrogens is 210 g/mol. The minimum absolute atomic E-state index is 0.468. The SMILES string of the molecule is C#CCCOc1cccc2c1CCCC2NC. The van der Waals surface area contributed by atoms with Gasteiger partial charge in [-0.25, -0.2) is 0 Å². The lowest BCUT2D eigenvalue weighted by atomic mass is 9.87. The monoisotopic (exact) mass is 229 g/mol. The predicted molar refractivity (Wildman–Crippen MR) is 70.1 cm³/mol. The minimum Gasteiger partial charge on any atom is -0.492 e. The number of terminal acetylenes is 1. The zero-order valence-corrected chi connectivity index (χ0v) is 10.3. The number of rotatable bonds is 4. The highest BCUT2D eigenvalue weighted by Crippen LogP contribution is 2.35. The molecule has 17 heavy (non-hydrogen) atoms. The van der Waals surface area contributed by atoms with E-state index in [0.29, 0.717) is 19.1 Å². The molecule has 0 saturated heterocycles. The van der Waals surface area contributed by atoms with Crippen molar-refractivity contribution < 1.29 is 4.74 Å². The third-order valence-corrected chi connectivity index (χ3v) is 3.32. The minimum atomic E-state index is 0.468. The largest absolute Gasteiger partial charge is 0.492 e. The van der Waals surface area contributed by atoms with E-state index in [1.165, 1.54) is 24.0 Å². The first-order chi connectivity index (χ1) is 8.36. The Morgan fingerprint density at radius 1 is 1.53 bits per heavy atom. The summed E-state index contributed by atoms with van der Waals surface area (Å²) in [4.78, 5) is 0. The highest BCUT2D eigenvalue weighted by atomic mass is 16.5. The van der Waals surface area contributed by atoms with Gasteiger partial charge >= 0.3 is 0 Å². The number of ether oxygens (including phenoxy) is 1. The molecule has 2 heteroatoms. The van der Waals surface area contributed by atoms with E-state index in [1.807, 2.05) is 13.1 Å². The van der Waals surface area contributed by atoms with Crippen LogP contribution in [0.1, 0.15) is 36.4 Å². The van der Waals surface area contributed by atoms with Gasteiger partial charge in [-0.2, -0.15) is 0 Å². The molecule has 0 amide bonds.